The van der Waals surface area contributed by atoms with Crippen molar-refractivity contribution < 1.29 is 13.3 Å². The number of fused-ring (bicyclic) bond motifs is 1. The molecule has 0 aliphatic heterocycles. The summed E-state index contributed by atoms with van der Waals surface area (Å²) in [5.74, 6) is 0.734. The Bertz CT molecular complexity index is 905. The third-order valence-electron chi connectivity index (χ3n) is 3.82. The van der Waals surface area contributed by atoms with Crippen molar-refractivity contribution in [3.05, 3.63) is 53.1 Å². The zero-order valence-electron chi connectivity index (χ0n) is 13.1. The van der Waals surface area contributed by atoms with Crippen molar-refractivity contribution >= 4 is 21.7 Å². The summed E-state index contributed by atoms with van der Waals surface area (Å²) in [6.07, 6.45) is 1.72. The van der Waals surface area contributed by atoms with Crippen LogP contribution in [0.2, 0.25) is 0 Å². The summed E-state index contributed by atoms with van der Waals surface area (Å²) >= 11 is 0. The van der Waals surface area contributed by atoms with Gasteiger partial charge in [0.2, 0.25) is 0 Å². The maximum atomic E-state index is 13.3. The number of nitrogens with zero attached hydrogens (tertiary/aromatic N) is 1. The zero-order valence-corrected chi connectivity index (χ0v) is 14.0. The first-order valence-electron chi connectivity index (χ1n) is 7.15. The van der Waals surface area contributed by atoms with Crippen molar-refractivity contribution in [3.8, 4) is 5.75 Å². The molecule has 0 radical (unpaired) electrons. The van der Waals surface area contributed by atoms with Crippen LogP contribution in [0.15, 0.2) is 35.5 Å². The summed E-state index contributed by atoms with van der Waals surface area (Å²) < 4.78 is 31.2. The lowest BCUT2D eigenvalue weighted by Gasteiger charge is -2.11. The molecule has 4 nitrogen and oxygen atoms in total. The van der Waals surface area contributed by atoms with E-state index in [9.17, 15) is 8.60 Å². The van der Waals surface area contributed by atoms with Crippen LogP contribution >= 0.6 is 0 Å². The van der Waals surface area contributed by atoms with Crippen molar-refractivity contribution in [2.75, 3.05) is 7.11 Å². The van der Waals surface area contributed by atoms with E-state index in [-0.39, 0.29) is 11.6 Å². The highest BCUT2D eigenvalue weighted by Gasteiger charge is 2.15. The van der Waals surface area contributed by atoms with E-state index >= 15 is 0 Å². The zero-order chi connectivity index (χ0) is 16.6. The number of benzene rings is 1. The SMILES string of the molecule is COc1c(C)cnc(CS(=O)c2cc3cc(F)ccc3[nH]2)c1C. The number of aromatic nitrogens is 2. The Labute approximate surface area is 136 Å². The van der Waals surface area contributed by atoms with Crippen LogP contribution in [0.1, 0.15) is 16.8 Å². The van der Waals surface area contributed by atoms with Crippen LogP contribution in [0.3, 0.4) is 0 Å². The number of ether oxygens (including phenoxy) is 1. The van der Waals surface area contributed by atoms with Crippen molar-refractivity contribution in [3.63, 3.8) is 0 Å². The summed E-state index contributed by atoms with van der Waals surface area (Å²) in [5, 5.41) is 1.27. The number of hydrogen-bond acceptors (Lipinski definition) is 3. The Hall–Kier alpha value is -2.21. The molecule has 3 aromatic rings. The maximum absolute atomic E-state index is 13.3. The largest absolute Gasteiger partial charge is 0.496 e. The van der Waals surface area contributed by atoms with Gasteiger partial charge in [-0.1, -0.05) is 0 Å². The molecule has 2 heterocycles. The first kappa shape index (κ1) is 15.7. The summed E-state index contributed by atoms with van der Waals surface area (Å²) in [6, 6.07) is 6.16. The van der Waals surface area contributed by atoms with Gasteiger partial charge in [0.15, 0.2) is 0 Å². The molecular formula is C17H17FN2O2S. The van der Waals surface area contributed by atoms with E-state index in [4.69, 9.17) is 4.74 Å². The van der Waals surface area contributed by atoms with Crippen LogP contribution < -0.4 is 4.74 Å². The average molecular weight is 332 g/mol. The normalized spacial score (nSPS) is 12.5. The van der Waals surface area contributed by atoms with Crippen molar-refractivity contribution in [1.82, 2.24) is 9.97 Å². The fourth-order valence-electron chi connectivity index (χ4n) is 2.62. The van der Waals surface area contributed by atoms with Crippen LogP contribution in [-0.2, 0) is 16.6 Å². The van der Waals surface area contributed by atoms with Crippen LogP contribution in [0.4, 0.5) is 4.39 Å². The van der Waals surface area contributed by atoms with Gasteiger partial charge in [0.05, 0.1) is 29.4 Å². The number of pyridine rings is 1. The van der Waals surface area contributed by atoms with E-state index in [0.717, 1.165) is 28.1 Å². The number of hydrogen-bond donors (Lipinski definition) is 1. The van der Waals surface area contributed by atoms with Gasteiger partial charge >= 0.3 is 0 Å². The number of H-pyrrole nitrogens is 1. The smallest absolute Gasteiger partial charge is 0.128 e. The second-order valence-corrected chi connectivity index (χ2v) is 6.82. The number of methoxy groups -OCH3 is 1. The molecule has 3 rings (SSSR count). The fourth-order valence-corrected chi connectivity index (χ4v) is 3.80. The Morgan fingerprint density at radius 2 is 2.09 bits per heavy atom. The third kappa shape index (κ3) is 2.99. The molecule has 0 saturated carbocycles. The predicted octanol–water partition coefficient (Wildman–Crippen LogP) is 3.64. The first-order valence-corrected chi connectivity index (χ1v) is 8.47. The molecule has 0 aliphatic rings. The minimum absolute atomic E-state index is 0.276. The van der Waals surface area contributed by atoms with Gasteiger partial charge in [-0.2, -0.15) is 0 Å². The summed E-state index contributed by atoms with van der Waals surface area (Å²) in [4.78, 5) is 7.45. The van der Waals surface area contributed by atoms with Crippen LogP contribution in [0.25, 0.3) is 10.9 Å². The Balaban J connectivity index is 1.91. The Morgan fingerprint density at radius 3 is 2.83 bits per heavy atom. The van der Waals surface area contributed by atoms with E-state index in [1.54, 1.807) is 25.4 Å². The standard InChI is InChI=1S/C17H17FN2O2S/c1-10-8-19-15(11(2)17(10)22-3)9-23(21)16-7-12-6-13(18)4-5-14(12)20-16/h4-8,20H,9H2,1-3H3. The second kappa shape index (κ2) is 6.12. The molecule has 1 aromatic carbocycles. The monoisotopic (exact) mass is 332 g/mol. The van der Waals surface area contributed by atoms with Gasteiger partial charge < -0.3 is 9.72 Å². The summed E-state index contributed by atoms with van der Waals surface area (Å²) in [6.45, 7) is 3.83. The molecule has 0 bridgehead atoms. The number of rotatable bonds is 4. The first-order chi connectivity index (χ1) is 11.0. The third-order valence-corrected chi connectivity index (χ3v) is 5.07. The highest BCUT2D eigenvalue weighted by atomic mass is 32.2. The van der Waals surface area contributed by atoms with Gasteiger partial charge in [-0.3, -0.25) is 9.19 Å². The fraction of sp³-hybridized carbons (Fsp3) is 0.235. The van der Waals surface area contributed by atoms with Crippen LogP contribution in [0, 0.1) is 19.7 Å². The molecular weight excluding hydrogens is 315 g/mol. The summed E-state index contributed by atoms with van der Waals surface area (Å²) in [7, 11) is 0.317. The molecule has 2 aromatic heterocycles. The van der Waals surface area contributed by atoms with E-state index in [1.165, 1.54) is 12.1 Å². The van der Waals surface area contributed by atoms with E-state index in [2.05, 4.69) is 9.97 Å². The highest BCUT2D eigenvalue weighted by Crippen LogP contribution is 2.26. The van der Waals surface area contributed by atoms with Crippen molar-refractivity contribution in [1.29, 1.82) is 0 Å². The van der Waals surface area contributed by atoms with Gasteiger partial charge in [-0.25, -0.2) is 4.39 Å². The molecule has 0 saturated heterocycles. The molecule has 0 fully saturated rings. The lowest BCUT2D eigenvalue weighted by Crippen LogP contribution is -2.04. The Kier molecular flexibility index (Phi) is 4.17. The summed E-state index contributed by atoms with van der Waals surface area (Å²) in [5.41, 5.74) is 3.33. The lowest BCUT2D eigenvalue weighted by molar-refractivity contribution is 0.407. The number of halogens is 1. The van der Waals surface area contributed by atoms with Crippen molar-refractivity contribution in [2.45, 2.75) is 24.6 Å². The van der Waals surface area contributed by atoms with Gasteiger partial charge in [0.25, 0.3) is 0 Å². The molecule has 120 valence electrons. The molecule has 1 atom stereocenters. The van der Waals surface area contributed by atoms with Gasteiger partial charge in [0, 0.05) is 28.2 Å². The van der Waals surface area contributed by atoms with Crippen LogP contribution in [0.5, 0.6) is 5.75 Å². The molecule has 23 heavy (non-hydrogen) atoms. The predicted molar refractivity (Wildman–Crippen MR) is 88.6 cm³/mol. The van der Waals surface area contributed by atoms with E-state index in [1.807, 2.05) is 13.8 Å². The highest BCUT2D eigenvalue weighted by molar-refractivity contribution is 7.84. The minimum atomic E-state index is -1.30. The maximum Gasteiger partial charge on any atom is 0.128 e. The molecule has 1 N–H and O–H groups in total. The van der Waals surface area contributed by atoms with E-state index in [0.29, 0.717) is 10.4 Å². The quantitative estimate of drug-likeness (QED) is 0.794. The molecule has 0 spiro atoms. The van der Waals surface area contributed by atoms with Crippen LogP contribution in [-0.4, -0.2) is 21.3 Å². The molecule has 0 amide bonds. The van der Waals surface area contributed by atoms with Crippen molar-refractivity contribution in [2.24, 2.45) is 0 Å². The minimum Gasteiger partial charge on any atom is -0.496 e. The molecule has 1 unspecified atom stereocenters. The number of nitrogens with one attached hydrogen (secondary N) is 1. The number of aromatic amines is 1. The Morgan fingerprint density at radius 1 is 1.30 bits per heavy atom. The molecule has 0 aliphatic carbocycles. The van der Waals surface area contributed by atoms with E-state index < -0.39 is 10.8 Å². The van der Waals surface area contributed by atoms with Gasteiger partial charge in [0.1, 0.15) is 16.6 Å². The van der Waals surface area contributed by atoms with Gasteiger partial charge in [-0.15, -0.1) is 0 Å². The lowest BCUT2D eigenvalue weighted by atomic mass is 10.1. The number of aryl methyl sites for hydroxylation is 1. The topological polar surface area (TPSA) is 55.0 Å². The molecule has 6 heteroatoms. The average Bonchev–Trinajstić information content (AvgIpc) is 2.93. The second-order valence-electron chi connectivity index (χ2n) is 5.40. The van der Waals surface area contributed by atoms with Gasteiger partial charge in [-0.05, 0) is 38.1 Å².